The van der Waals surface area contributed by atoms with Crippen molar-refractivity contribution in [2.24, 2.45) is 7.05 Å². The molecule has 0 saturated heterocycles. The largest absolute Gasteiger partial charge is 0.495 e. The molecule has 10 aromatic carbocycles. The van der Waals surface area contributed by atoms with Gasteiger partial charge in [0.05, 0.1) is 98.7 Å². The molecule has 16 nitrogen and oxygen atoms in total. The fraction of sp³-hybridized carbons (Fsp3) is 0.273. The fourth-order valence-corrected chi connectivity index (χ4v) is 13.7. The number of aromatic nitrogens is 8. The minimum absolute atomic E-state index is 0.304. The molecule has 0 spiro atoms. The van der Waals surface area contributed by atoms with E-state index in [0.29, 0.717) is 162 Å². The molecular formula is C77H72N8O8. The van der Waals surface area contributed by atoms with E-state index in [2.05, 4.69) is 105 Å². The molecule has 0 atom stereocenters. The van der Waals surface area contributed by atoms with E-state index < -0.39 is 0 Å². The summed E-state index contributed by atoms with van der Waals surface area (Å²) in [4.78, 5) is 38.3. The highest BCUT2D eigenvalue weighted by atomic mass is 16.5. The monoisotopic (exact) mass is 1240 g/mol. The van der Waals surface area contributed by atoms with E-state index >= 15 is 0 Å². The second-order valence-corrected chi connectivity index (χ2v) is 23.8. The van der Waals surface area contributed by atoms with Crippen molar-refractivity contribution in [3.05, 3.63) is 121 Å². The van der Waals surface area contributed by atoms with Crippen LogP contribution in [0.5, 0.6) is 46.0 Å². The van der Waals surface area contributed by atoms with Crippen molar-refractivity contribution in [1.29, 1.82) is 0 Å². The van der Waals surface area contributed by atoms with Crippen molar-refractivity contribution < 1.29 is 37.9 Å². The minimum atomic E-state index is 0.304. The highest BCUT2D eigenvalue weighted by molar-refractivity contribution is 6.24. The zero-order chi connectivity index (χ0) is 63.6. The number of rotatable bonds is 20. The summed E-state index contributed by atoms with van der Waals surface area (Å²) in [6, 6.07) is 41.6. The van der Waals surface area contributed by atoms with Gasteiger partial charge in [0.1, 0.15) is 68.6 Å². The summed E-state index contributed by atoms with van der Waals surface area (Å²) in [5.74, 6) is 5.90. The Morgan fingerprint density at radius 1 is 0.323 bits per heavy atom. The molecular weight excluding hydrogens is 1160 g/mol. The van der Waals surface area contributed by atoms with Crippen LogP contribution in [0.15, 0.2) is 121 Å². The number of nitrogens with one attached hydrogen (secondary N) is 1. The third kappa shape index (κ3) is 9.45. The van der Waals surface area contributed by atoms with E-state index in [4.69, 9.17) is 67.8 Å². The third-order valence-electron chi connectivity index (χ3n) is 18.2. The molecule has 5 heterocycles. The highest BCUT2D eigenvalue weighted by Gasteiger charge is 2.36. The molecule has 0 saturated carbocycles. The van der Waals surface area contributed by atoms with Crippen LogP contribution in [0.3, 0.4) is 0 Å². The first-order chi connectivity index (χ1) is 45.7. The van der Waals surface area contributed by atoms with Crippen LogP contribution in [0.1, 0.15) is 79.1 Å². The van der Waals surface area contributed by atoms with Crippen LogP contribution in [0, 0.1) is 0 Å². The van der Waals surface area contributed by atoms with Crippen LogP contribution in [0.4, 0.5) is 0 Å². The van der Waals surface area contributed by atoms with Gasteiger partial charge in [-0.2, -0.15) is 0 Å². The van der Waals surface area contributed by atoms with Gasteiger partial charge in [0.15, 0.2) is 23.3 Å². The number of aromatic amines is 1. The number of aryl methyl sites for hydroxylation is 1. The van der Waals surface area contributed by atoms with Gasteiger partial charge in [-0.3, -0.25) is 0 Å². The maximum absolute atomic E-state index is 7.14. The summed E-state index contributed by atoms with van der Waals surface area (Å²) < 4.78 is 57.2. The van der Waals surface area contributed by atoms with Crippen molar-refractivity contribution in [2.75, 3.05) is 54.9 Å². The molecule has 0 aliphatic carbocycles. The Hall–Kier alpha value is -10.5. The molecule has 2 aliphatic heterocycles. The van der Waals surface area contributed by atoms with Crippen molar-refractivity contribution in [1.82, 2.24) is 39.5 Å². The number of hydrogen-bond donors (Lipinski definition) is 1. The maximum atomic E-state index is 7.14. The third-order valence-corrected chi connectivity index (χ3v) is 18.2. The molecule has 0 amide bonds. The standard InChI is InChI=1S/C77H72N8O8/c1-10-14-34-90-66-46-30-22-23-31-47(46)67(91-35-15-11-2)59-58(66)72-78-70-54-56(64(88-8)52-40-44-28-20-18-26-42(44)38-50(52)62(54)86-6)74(81-70)83-76-60-61(69(93-37-17-13-4)49-33-25-24-32-48(49)68(60)92-36-16-12-3)77(85(76)5)84-75-57-55(71(82-75)79-73(59)80-72)63(87-7)51-39-43-27-19-21-29-45(43)41-53(51)65(57)89-9/h18-33,38-41H,10-17,34-37H2,1-9H3,(H,78,79,80,81,82,83,84). The van der Waals surface area contributed by atoms with E-state index in [-0.39, 0.29) is 0 Å². The van der Waals surface area contributed by atoms with Gasteiger partial charge in [0, 0.05) is 50.1 Å². The smallest absolute Gasteiger partial charge is 0.168 e. The lowest BCUT2D eigenvalue weighted by atomic mass is 9.95. The van der Waals surface area contributed by atoms with Crippen LogP contribution >= 0.6 is 0 Å². The van der Waals surface area contributed by atoms with Gasteiger partial charge in [-0.05, 0) is 71.5 Å². The lowest BCUT2D eigenvalue weighted by molar-refractivity contribution is 0.311. The average Bonchev–Trinajstić information content (AvgIpc) is 1.59. The molecule has 15 rings (SSSR count). The topological polar surface area (TPSA) is 172 Å². The van der Waals surface area contributed by atoms with Crippen LogP contribution in [0.25, 0.3) is 154 Å². The molecule has 1 N–H and O–H groups in total. The normalized spacial score (nSPS) is 12.0. The van der Waals surface area contributed by atoms with Crippen molar-refractivity contribution >= 4 is 109 Å². The summed E-state index contributed by atoms with van der Waals surface area (Å²) in [6.45, 7) is 10.4. The SMILES string of the molecule is CCCCOc1c2ccccc2c(OCCCC)c2c3nc4nc(nc5c6c(OCCCC)c7ccccc7c(OCCCC)c6c(nc6nc(nc([nH]3)c12)-c1c-6c(OC)c2cc3ccccc3cc2c1OC)n5C)-c1c-4c(OC)c2cc3ccccc3cc2c1OC. The molecule has 468 valence electrons. The van der Waals surface area contributed by atoms with Gasteiger partial charge in [-0.1, -0.05) is 150 Å². The van der Waals surface area contributed by atoms with Crippen LogP contribution in [0.2, 0.25) is 0 Å². The Labute approximate surface area is 537 Å². The van der Waals surface area contributed by atoms with E-state index in [1.807, 2.05) is 60.1 Å². The summed E-state index contributed by atoms with van der Waals surface area (Å²) in [6.07, 6.45) is 6.89. The number of fused-ring (bicyclic) bond motifs is 26. The van der Waals surface area contributed by atoms with Crippen molar-refractivity contribution in [3.8, 4) is 91.5 Å². The van der Waals surface area contributed by atoms with Crippen LogP contribution in [-0.4, -0.2) is 94.3 Å². The Morgan fingerprint density at radius 3 is 0.871 bits per heavy atom. The number of nitrogens with zero attached hydrogens (tertiary/aromatic N) is 7. The van der Waals surface area contributed by atoms with Crippen molar-refractivity contribution in [3.63, 3.8) is 0 Å². The Balaban J connectivity index is 1.23. The number of ether oxygens (including phenoxy) is 8. The Kier molecular flexibility index (Phi) is 15.4. The molecule has 0 radical (unpaired) electrons. The van der Waals surface area contributed by atoms with E-state index in [1.165, 1.54) is 0 Å². The molecule has 13 aromatic rings. The van der Waals surface area contributed by atoms with E-state index in [9.17, 15) is 0 Å². The summed E-state index contributed by atoms with van der Waals surface area (Å²) in [5, 5.41) is 13.4. The van der Waals surface area contributed by atoms with Gasteiger partial charge in [-0.25, -0.2) is 29.9 Å². The zero-order valence-electron chi connectivity index (χ0n) is 53.9. The van der Waals surface area contributed by atoms with Gasteiger partial charge in [0.2, 0.25) is 0 Å². The number of unbranched alkanes of at least 4 members (excludes halogenated alkanes) is 4. The highest BCUT2D eigenvalue weighted by Crippen LogP contribution is 2.57. The average molecular weight is 1240 g/mol. The second kappa shape index (κ2) is 24.3. The maximum Gasteiger partial charge on any atom is 0.168 e. The van der Waals surface area contributed by atoms with Gasteiger partial charge < -0.3 is 47.4 Å². The van der Waals surface area contributed by atoms with Gasteiger partial charge in [0.25, 0.3) is 0 Å². The molecule has 16 heteroatoms. The number of hydrogen-bond acceptors (Lipinski definition) is 14. The predicted octanol–water partition coefficient (Wildman–Crippen LogP) is 18.5. The second-order valence-electron chi connectivity index (χ2n) is 23.8. The first kappa shape index (κ1) is 58.9. The van der Waals surface area contributed by atoms with Gasteiger partial charge >= 0.3 is 0 Å². The Bertz CT molecular complexity index is 5060. The van der Waals surface area contributed by atoms with Crippen molar-refractivity contribution in [2.45, 2.75) is 79.1 Å². The molecule has 0 fully saturated rings. The van der Waals surface area contributed by atoms with Crippen LogP contribution in [-0.2, 0) is 7.05 Å². The van der Waals surface area contributed by atoms with E-state index in [0.717, 1.165) is 116 Å². The van der Waals surface area contributed by atoms with Gasteiger partial charge in [-0.15, -0.1) is 0 Å². The van der Waals surface area contributed by atoms with E-state index in [1.54, 1.807) is 28.4 Å². The molecule has 2 aliphatic rings. The first-order valence-electron chi connectivity index (χ1n) is 32.4. The Morgan fingerprint density at radius 2 is 0.591 bits per heavy atom. The first-order valence-corrected chi connectivity index (χ1v) is 32.4. The summed E-state index contributed by atoms with van der Waals surface area (Å²) in [7, 11) is 8.74. The quantitative estimate of drug-likeness (QED) is 0.0564. The lowest BCUT2D eigenvalue weighted by Crippen LogP contribution is -2.01. The lowest BCUT2D eigenvalue weighted by Gasteiger charge is -2.17. The molecule has 0 unspecified atom stereocenters. The van der Waals surface area contributed by atoms with Crippen LogP contribution < -0.4 is 37.9 Å². The minimum Gasteiger partial charge on any atom is -0.495 e. The predicted molar refractivity (Wildman–Crippen MR) is 374 cm³/mol. The number of benzene rings is 10. The number of methoxy groups -OCH3 is 4. The molecule has 8 bridgehead atoms. The molecule has 93 heavy (non-hydrogen) atoms. The molecule has 3 aromatic heterocycles. The fourth-order valence-electron chi connectivity index (χ4n) is 13.7. The zero-order valence-corrected chi connectivity index (χ0v) is 53.9. The number of H-pyrrole nitrogens is 1. The summed E-state index contributed by atoms with van der Waals surface area (Å²) in [5.41, 5.74) is 4.11. The summed E-state index contributed by atoms with van der Waals surface area (Å²) >= 11 is 0.